The van der Waals surface area contributed by atoms with Crippen molar-refractivity contribution in [1.29, 1.82) is 0 Å². The first-order valence-electron chi connectivity index (χ1n) is 6.56. The average molecular weight is 225 g/mol. The summed E-state index contributed by atoms with van der Waals surface area (Å²) in [7, 11) is 0. The van der Waals surface area contributed by atoms with Gasteiger partial charge in [-0.25, -0.2) is 0 Å². The van der Waals surface area contributed by atoms with Gasteiger partial charge in [0.2, 0.25) is 0 Å². The highest BCUT2D eigenvalue weighted by Crippen LogP contribution is 2.46. The Morgan fingerprint density at radius 3 is 2.31 bits per heavy atom. The van der Waals surface area contributed by atoms with Gasteiger partial charge >= 0.3 is 5.97 Å². The van der Waals surface area contributed by atoms with E-state index in [1.807, 2.05) is 6.92 Å². The van der Waals surface area contributed by atoms with Gasteiger partial charge < -0.3 is 10.4 Å². The monoisotopic (exact) mass is 225 g/mol. The molecular formula is C13H23NO2. The SMILES string of the molecule is CC(C(=O)O)C1CCC2(CCNCC2)CC1. The summed E-state index contributed by atoms with van der Waals surface area (Å²) in [4.78, 5) is 11.0. The molecule has 92 valence electrons. The second kappa shape index (κ2) is 4.74. The molecule has 1 heterocycles. The van der Waals surface area contributed by atoms with Crippen LogP contribution in [0.15, 0.2) is 0 Å². The number of carbonyl (C=O) groups is 1. The van der Waals surface area contributed by atoms with Crippen molar-refractivity contribution in [2.75, 3.05) is 13.1 Å². The van der Waals surface area contributed by atoms with E-state index in [1.54, 1.807) is 0 Å². The smallest absolute Gasteiger partial charge is 0.306 e. The van der Waals surface area contributed by atoms with E-state index in [0.29, 0.717) is 11.3 Å². The molecule has 0 bridgehead atoms. The normalized spacial score (nSPS) is 27.8. The minimum absolute atomic E-state index is 0.154. The van der Waals surface area contributed by atoms with Crippen LogP contribution in [0.2, 0.25) is 0 Å². The maximum absolute atomic E-state index is 11.0. The van der Waals surface area contributed by atoms with Crippen LogP contribution in [-0.2, 0) is 4.79 Å². The molecule has 1 aliphatic heterocycles. The van der Waals surface area contributed by atoms with Gasteiger partial charge in [-0.15, -0.1) is 0 Å². The van der Waals surface area contributed by atoms with Crippen molar-refractivity contribution in [2.24, 2.45) is 17.3 Å². The summed E-state index contributed by atoms with van der Waals surface area (Å²) in [6.07, 6.45) is 7.32. The maximum Gasteiger partial charge on any atom is 0.306 e. The van der Waals surface area contributed by atoms with Crippen molar-refractivity contribution >= 4 is 5.97 Å². The summed E-state index contributed by atoms with van der Waals surface area (Å²) in [6.45, 7) is 4.17. The second-order valence-electron chi connectivity index (χ2n) is 5.71. The van der Waals surface area contributed by atoms with E-state index < -0.39 is 5.97 Å². The molecular weight excluding hydrogens is 202 g/mol. The van der Waals surface area contributed by atoms with Crippen LogP contribution < -0.4 is 5.32 Å². The Hall–Kier alpha value is -0.570. The Labute approximate surface area is 97.6 Å². The van der Waals surface area contributed by atoms with Crippen molar-refractivity contribution in [3.8, 4) is 0 Å². The molecule has 0 radical (unpaired) electrons. The molecule has 2 aliphatic rings. The van der Waals surface area contributed by atoms with Gasteiger partial charge in [-0.05, 0) is 62.9 Å². The van der Waals surface area contributed by atoms with Crippen LogP contribution in [0, 0.1) is 17.3 Å². The van der Waals surface area contributed by atoms with Crippen LogP contribution in [0.3, 0.4) is 0 Å². The molecule has 1 unspecified atom stereocenters. The van der Waals surface area contributed by atoms with Gasteiger partial charge in [-0.3, -0.25) is 4.79 Å². The molecule has 1 spiro atoms. The molecule has 16 heavy (non-hydrogen) atoms. The maximum atomic E-state index is 11.0. The lowest BCUT2D eigenvalue weighted by molar-refractivity contribution is -0.143. The summed E-state index contributed by atoms with van der Waals surface area (Å²) in [5, 5.41) is 12.4. The molecule has 0 aromatic carbocycles. The predicted octanol–water partition coefficient (Wildman–Crippen LogP) is 2.27. The number of hydrogen-bond donors (Lipinski definition) is 2. The number of piperidine rings is 1. The lowest BCUT2D eigenvalue weighted by Gasteiger charge is -2.44. The number of nitrogens with one attached hydrogen (secondary N) is 1. The lowest BCUT2D eigenvalue weighted by atomic mass is 9.64. The Morgan fingerprint density at radius 2 is 1.81 bits per heavy atom. The van der Waals surface area contributed by atoms with Gasteiger partial charge in [-0.2, -0.15) is 0 Å². The van der Waals surface area contributed by atoms with E-state index in [9.17, 15) is 4.79 Å². The molecule has 1 atom stereocenters. The Morgan fingerprint density at radius 1 is 1.25 bits per heavy atom. The highest BCUT2D eigenvalue weighted by atomic mass is 16.4. The molecule has 2 fully saturated rings. The molecule has 1 saturated heterocycles. The fraction of sp³-hybridized carbons (Fsp3) is 0.923. The minimum Gasteiger partial charge on any atom is -0.481 e. The van der Waals surface area contributed by atoms with E-state index >= 15 is 0 Å². The van der Waals surface area contributed by atoms with Crippen molar-refractivity contribution < 1.29 is 9.90 Å². The van der Waals surface area contributed by atoms with Gasteiger partial charge in [0.25, 0.3) is 0 Å². The fourth-order valence-corrected chi connectivity index (χ4v) is 3.41. The Kier molecular flexibility index (Phi) is 3.53. The van der Waals surface area contributed by atoms with Crippen LogP contribution in [0.1, 0.15) is 45.4 Å². The predicted molar refractivity (Wildman–Crippen MR) is 63.3 cm³/mol. The second-order valence-corrected chi connectivity index (χ2v) is 5.71. The lowest BCUT2D eigenvalue weighted by Crippen LogP contribution is -2.40. The zero-order chi connectivity index (χ0) is 11.6. The van der Waals surface area contributed by atoms with Crippen molar-refractivity contribution in [3.05, 3.63) is 0 Å². The summed E-state index contributed by atoms with van der Waals surface area (Å²) in [5.74, 6) is -0.358. The first kappa shape index (κ1) is 11.9. The van der Waals surface area contributed by atoms with Gasteiger partial charge in [0.05, 0.1) is 5.92 Å². The van der Waals surface area contributed by atoms with Crippen molar-refractivity contribution in [2.45, 2.75) is 45.4 Å². The van der Waals surface area contributed by atoms with E-state index in [0.717, 1.165) is 25.9 Å². The quantitative estimate of drug-likeness (QED) is 0.758. The van der Waals surface area contributed by atoms with E-state index in [2.05, 4.69) is 5.32 Å². The van der Waals surface area contributed by atoms with Crippen LogP contribution in [0.5, 0.6) is 0 Å². The molecule has 0 aromatic heterocycles. The number of carboxylic acid groups (broad SMARTS) is 1. The summed E-state index contributed by atoms with van der Waals surface area (Å²) < 4.78 is 0. The van der Waals surface area contributed by atoms with E-state index in [-0.39, 0.29) is 5.92 Å². The third-order valence-electron chi connectivity index (χ3n) is 4.85. The zero-order valence-corrected chi connectivity index (χ0v) is 10.2. The first-order valence-corrected chi connectivity index (χ1v) is 6.56. The molecule has 1 saturated carbocycles. The van der Waals surface area contributed by atoms with Crippen LogP contribution >= 0.6 is 0 Å². The number of carboxylic acids is 1. The van der Waals surface area contributed by atoms with Gasteiger partial charge in [-0.1, -0.05) is 6.92 Å². The third kappa shape index (κ3) is 2.40. The standard InChI is InChI=1S/C13H23NO2/c1-10(12(15)16)11-2-4-13(5-3-11)6-8-14-9-7-13/h10-11,14H,2-9H2,1H3,(H,15,16). The Bertz CT molecular complexity index is 249. The van der Waals surface area contributed by atoms with Gasteiger partial charge in [0.1, 0.15) is 0 Å². The first-order chi connectivity index (χ1) is 7.63. The fourth-order valence-electron chi connectivity index (χ4n) is 3.41. The molecule has 2 rings (SSSR count). The molecule has 3 nitrogen and oxygen atoms in total. The van der Waals surface area contributed by atoms with Gasteiger partial charge in [0.15, 0.2) is 0 Å². The average Bonchev–Trinajstić information content (AvgIpc) is 2.30. The van der Waals surface area contributed by atoms with Crippen molar-refractivity contribution in [3.63, 3.8) is 0 Å². The van der Waals surface area contributed by atoms with Gasteiger partial charge in [0, 0.05) is 0 Å². The largest absolute Gasteiger partial charge is 0.481 e. The molecule has 1 aliphatic carbocycles. The molecule has 0 aromatic rings. The number of rotatable bonds is 2. The molecule has 0 amide bonds. The summed E-state index contributed by atoms with van der Waals surface area (Å²) in [6, 6.07) is 0. The Balaban J connectivity index is 1.88. The van der Waals surface area contributed by atoms with Crippen LogP contribution in [0.4, 0.5) is 0 Å². The highest BCUT2D eigenvalue weighted by Gasteiger charge is 2.38. The summed E-state index contributed by atoms with van der Waals surface area (Å²) in [5.41, 5.74) is 0.556. The van der Waals surface area contributed by atoms with Crippen LogP contribution in [0.25, 0.3) is 0 Å². The van der Waals surface area contributed by atoms with Crippen molar-refractivity contribution in [1.82, 2.24) is 5.32 Å². The van der Waals surface area contributed by atoms with E-state index in [4.69, 9.17) is 5.11 Å². The number of hydrogen-bond acceptors (Lipinski definition) is 2. The topological polar surface area (TPSA) is 49.3 Å². The van der Waals surface area contributed by atoms with E-state index in [1.165, 1.54) is 25.7 Å². The highest BCUT2D eigenvalue weighted by molar-refractivity contribution is 5.69. The third-order valence-corrected chi connectivity index (χ3v) is 4.85. The molecule has 3 heteroatoms. The molecule has 2 N–H and O–H groups in total. The number of aliphatic carboxylic acids is 1. The summed E-state index contributed by atoms with van der Waals surface area (Å²) >= 11 is 0. The minimum atomic E-state index is -0.619. The van der Waals surface area contributed by atoms with Crippen LogP contribution in [-0.4, -0.2) is 24.2 Å². The zero-order valence-electron chi connectivity index (χ0n) is 10.2.